The third-order valence-electron chi connectivity index (χ3n) is 3.91. The Hall–Kier alpha value is -2.73. The normalized spacial score (nSPS) is 12.0. The maximum absolute atomic E-state index is 13.0. The van der Waals surface area contributed by atoms with E-state index in [1.54, 1.807) is 12.1 Å². The van der Waals surface area contributed by atoms with Crippen LogP contribution in [0.1, 0.15) is 5.56 Å². The molecule has 0 fully saturated rings. The zero-order valence-corrected chi connectivity index (χ0v) is 13.4. The van der Waals surface area contributed by atoms with Crippen molar-refractivity contribution in [3.63, 3.8) is 0 Å². The first-order valence-electron chi connectivity index (χ1n) is 7.42. The molecule has 7 heteroatoms. The summed E-state index contributed by atoms with van der Waals surface area (Å²) in [4.78, 5) is 7.38. The average molecular weight is 362 g/mol. The molecule has 0 saturated carbocycles. The quantitative estimate of drug-likeness (QED) is 0.450. The molecule has 2 aromatic carbocycles. The van der Waals surface area contributed by atoms with E-state index in [0.717, 1.165) is 22.7 Å². The van der Waals surface area contributed by atoms with E-state index >= 15 is 0 Å². The van der Waals surface area contributed by atoms with Crippen molar-refractivity contribution in [3.05, 3.63) is 65.3 Å². The molecule has 0 aliphatic carbocycles. The van der Waals surface area contributed by atoms with Crippen molar-refractivity contribution in [2.24, 2.45) is 0 Å². The Labute approximate surface area is 145 Å². The third kappa shape index (κ3) is 3.00. The highest BCUT2D eigenvalue weighted by molar-refractivity contribution is 6.32. The minimum absolute atomic E-state index is 0.225. The Kier molecular flexibility index (Phi) is 3.58. The summed E-state index contributed by atoms with van der Waals surface area (Å²) in [7, 11) is 0. The zero-order chi connectivity index (χ0) is 17.6. The number of anilines is 2. The van der Waals surface area contributed by atoms with Crippen LogP contribution in [0.15, 0.2) is 54.7 Å². The summed E-state index contributed by atoms with van der Waals surface area (Å²) in [5.41, 5.74) is 1.07. The number of hydrogen-bond donors (Lipinski definition) is 2. The molecule has 4 rings (SSSR count). The van der Waals surface area contributed by atoms with E-state index in [9.17, 15) is 13.2 Å². The van der Waals surface area contributed by atoms with E-state index in [4.69, 9.17) is 11.6 Å². The van der Waals surface area contributed by atoms with Crippen molar-refractivity contribution in [1.29, 1.82) is 0 Å². The van der Waals surface area contributed by atoms with Gasteiger partial charge in [0.05, 0.1) is 16.1 Å². The smallest absolute Gasteiger partial charge is 0.361 e. The van der Waals surface area contributed by atoms with Crippen LogP contribution >= 0.6 is 11.6 Å². The van der Waals surface area contributed by atoms with Gasteiger partial charge in [0.1, 0.15) is 5.82 Å². The van der Waals surface area contributed by atoms with E-state index in [0.29, 0.717) is 11.2 Å². The molecule has 2 heterocycles. The Balaban J connectivity index is 1.73. The number of alkyl halides is 3. The maximum Gasteiger partial charge on any atom is 0.417 e. The lowest BCUT2D eigenvalue weighted by atomic mass is 10.1. The molecule has 0 radical (unpaired) electrons. The standard InChI is InChI=1S/C18H11ClF3N3/c19-14-7-11-2-4-17(25-16(11)9-13(14)18(20,21)22)24-12-3-1-10-5-6-23-15(10)8-12/h1-9,23H,(H,24,25). The Morgan fingerprint density at radius 1 is 0.960 bits per heavy atom. The number of rotatable bonds is 2. The SMILES string of the molecule is FC(F)(F)c1cc2nc(Nc3ccc4cc[nH]c4c3)ccc2cc1Cl. The van der Waals surface area contributed by atoms with Crippen molar-refractivity contribution >= 4 is 44.9 Å². The van der Waals surface area contributed by atoms with Gasteiger partial charge in [-0.15, -0.1) is 0 Å². The maximum atomic E-state index is 13.0. The molecule has 3 nitrogen and oxygen atoms in total. The van der Waals surface area contributed by atoms with Crippen LogP contribution in [0.4, 0.5) is 24.7 Å². The minimum Gasteiger partial charge on any atom is -0.361 e. The van der Waals surface area contributed by atoms with Gasteiger partial charge in [0.2, 0.25) is 0 Å². The lowest BCUT2D eigenvalue weighted by Crippen LogP contribution is -2.06. The molecule has 25 heavy (non-hydrogen) atoms. The first-order chi connectivity index (χ1) is 11.9. The second-order valence-corrected chi connectivity index (χ2v) is 6.03. The fourth-order valence-corrected chi connectivity index (χ4v) is 2.98. The van der Waals surface area contributed by atoms with Crippen LogP contribution in [-0.2, 0) is 6.18 Å². The van der Waals surface area contributed by atoms with Crippen molar-refractivity contribution < 1.29 is 13.2 Å². The molecule has 0 aliphatic rings. The first-order valence-corrected chi connectivity index (χ1v) is 7.80. The predicted molar refractivity (Wildman–Crippen MR) is 93.3 cm³/mol. The molecule has 0 unspecified atom stereocenters. The minimum atomic E-state index is -4.52. The number of halogens is 4. The van der Waals surface area contributed by atoms with Gasteiger partial charge in [-0.1, -0.05) is 17.7 Å². The fourth-order valence-electron chi connectivity index (χ4n) is 2.70. The number of hydrogen-bond acceptors (Lipinski definition) is 2. The van der Waals surface area contributed by atoms with Crippen LogP contribution in [0.5, 0.6) is 0 Å². The molecule has 0 bridgehead atoms. The summed E-state index contributed by atoms with van der Waals surface area (Å²) >= 11 is 5.74. The first kappa shape index (κ1) is 15.8. The van der Waals surface area contributed by atoms with Gasteiger partial charge in [0, 0.05) is 22.8 Å². The van der Waals surface area contributed by atoms with Crippen LogP contribution in [-0.4, -0.2) is 9.97 Å². The molecule has 0 atom stereocenters. The summed E-state index contributed by atoms with van der Waals surface area (Å²) in [5.74, 6) is 0.453. The molecule has 0 aliphatic heterocycles. The molecule has 4 aromatic rings. The zero-order valence-electron chi connectivity index (χ0n) is 12.7. The van der Waals surface area contributed by atoms with Gasteiger partial charge >= 0.3 is 6.18 Å². The highest BCUT2D eigenvalue weighted by atomic mass is 35.5. The topological polar surface area (TPSA) is 40.7 Å². The van der Waals surface area contributed by atoms with Crippen LogP contribution in [0.25, 0.3) is 21.8 Å². The van der Waals surface area contributed by atoms with Gasteiger partial charge in [-0.3, -0.25) is 0 Å². The summed E-state index contributed by atoms with van der Waals surface area (Å²) in [6.07, 6.45) is -2.68. The largest absolute Gasteiger partial charge is 0.417 e. The van der Waals surface area contributed by atoms with Crippen molar-refractivity contribution in [1.82, 2.24) is 9.97 Å². The number of H-pyrrole nitrogens is 1. The van der Waals surface area contributed by atoms with Gasteiger partial charge in [-0.05, 0) is 47.9 Å². The average Bonchev–Trinajstić information content (AvgIpc) is 3.01. The highest BCUT2D eigenvalue weighted by Gasteiger charge is 2.33. The van der Waals surface area contributed by atoms with Gasteiger partial charge in [-0.25, -0.2) is 4.98 Å². The van der Waals surface area contributed by atoms with Gasteiger partial charge < -0.3 is 10.3 Å². The van der Waals surface area contributed by atoms with Gasteiger partial charge in [-0.2, -0.15) is 13.2 Å². The number of fused-ring (bicyclic) bond motifs is 2. The Morgan fingerprint density at radius 3 is 2.56 bits per heavy atom. The number of benzene rings is 2. The number of aromatic nitrogens is 2. The summed E-state index contributed by atoms with van der Waals surface area (Å²) < 4.78 is 39.0. The van der Waals surface area contributed by atoms with Crippen molar-refractivity contribution in [2.45, 2.75) is 6.18 Å². The molecule has 2 N–H and O–H groups in total. The molecule has 0 amide bonds. The third-order valence-corrected chi connectivity index (χ3v) is 4.22. The highest BCUT2D eigenvalue weighted by Crippen LogP contribution is 2.37. The molecule has 2 aromatic heterocycles. The molecular formula is C18H11ClF3N3. The van der Waals surface area contributed by atoms with Gasteiger partial charge in [0.15, 0.2) is 0 Å². The lowest BCUT2D eigenvalue weighted by molar-refractivity contribution is -0.137. The molecule has 126 valence electrons. The predicted octanol–water partition coefficient (Wildman–Crippen LogP) is 6.13. The van der Waals surface area contributed by atoms with E-state index in [-0.39, 0.29) is 10.5 Å². The number of nitrogens with one attached hydrogen (secondary N) is 2. The number of nitrogens with zero attached hydrogens (tertiary/aromatic N) is 1. The monoisotopic (exact) mass is 361 g/mol. The molecule has 0 saturated heterocycles. The van der Waals surface area contributed by atoms with Crippen molar-refractivity contribution in [3.8, 4) is 0 Å². The Morgan fingerprint density at radius 2 is 1.76 bits per heavy atom. The van der Waals surface area contributed by atoms with E-state index in [1.165, 1.54) is 6.07 Å². The number of aromatic amines is 1. The fraction of sp³-hybridized carbons (Fsp3) is 0.0556. The number of pyridine rings is 1. The van der Waals surface area contributed by atoms with Crippen molar-refractivity contribution in [2.75, 3.05) is 5.32 Å². The van der Waals surface area contributed by atoms with E-state index in [1.807, 2.05) is 30.5 Å². The van der Waals surface area contributed by atoms with Gasteiger partial charge in [0.25, 0.3) is 0 Å². The van der Waals surface area contributed by atoms with E-state index in [2.05, 4.69) is 15.3 Å². The van der Waals surface area contributed by atoms with Crippen LogP contribution in [0.2, 0.25) is 5.02 Å². The summed E-state index contributed by atoms with van der Waals surface area (Å²) in [6.45, 7) is 0. The molecular weight excluding hydrogens is 351 g/mol. The second-order valence-electron chi connectivity index (χ2n) is 5.62. The summed E-state index contributed by atoms with van der Waals surface area (Å²) in [5, 5.41) is 4.39. The summed E-state index contributed by atoms with van der Waals surface area (Å²) in [6, 6.07) is 13.3. The van der Waals surface area contributed by atoms with E-state index < -0.39 is 11.7 Å². The second kappa shape index (κ2) is 5.67. The van der Waals surface area contributed by atoms with Crippen LogP contribution in [0, 0.1) is 0 Å². The Bertz CT molecular complexity index is 1090. The van der Waals surface area contributed by atoms with Crippen LogP contribution in [0.3, 0.4) is 0 Å². The van der Waals surface area contributed by atoms with Crippen LogP contribution < -0.4 is 5.32 Å². The lowest BCUT2D eigenvalue weighted by Gasteiger charge is -2.11. The molecule has 0 spiro atoms.